The Balaban J connectivity index is 2.70. The van der Waals surface area contributed by atoms with Crippen LogP contribution in [0.2, 0.25) is 0 Å². The summed E-state index contributed by atoms with van der Waals surface area (Å²) in [6.07, 6.45) is 0.882. The van der Waals surface area contributed by atoms with Gasteiger partial charge in [-0.2, -0.15) is 0 Å². The standard InChI is InChI=1S/C12H24N2O5S/c1-18-6-3-11(13)12(15)14(5-7-19-2)10-4-8-20(16,17)9-10/h10-11H,3-9,13H2,1-2H3. The number of rotatable bonds is 8. The van der Waals surface area contributed by atoms with Crippen LogP contribution in [0.3, 0.4) is 0 Å². The highest BCUT2D eigenvalue weighted by Crippen LogP contribution is 2.18. The van der Waals surface area contributed by atoms with E-state index in [4.69, 9.17) is 15.2 Å². The minimum Gasteiger partial charge on any atom is -0.385 e. The number of nitrogens with two attached hydrogens (primary N) is 1. The van der Waals surface area contributed by atoms with Gasteiger partial charge in [0, 0.05) is 33.4 Å². The molecule has 7 nitrogen and oxygen atoms in total. The molecule has 1 aliphatic rings. The van der Waals surface area contributed by atoms with Gasteiger partial charge in [-0.15, -0.1) is 0 Å². The monoisotopic (exact) mass is 308 g/mol. The van der Waals surface area contributed by atoms with Crippen molar-refractivity contribution in [3.05, 3.63) is 0 Å². The number of carbonyl (C=O) groups excluding carboxylic acids is 1. The van der Waals surface area contributed by atoms with Crippen LogP contribution in [0.4, 0.5) is 0 Å². The SMILES string of the molecule is COCCC(N)C(=O)N(CCOC)C1CCS(=O)(=O)C1. The molecule has 0 aromatic rings. The van der Waals surface area contributed by atoms with Crippen LogP contribution in [0.5, 0.6) is 0 Å². The minimum absolute atomic E-state index is 0.0133. The Hall–Kier alpha value is -0.700. The molecule has 1 aliphatic heterocycles. The molecule has 8 heteroatoms. The maximum atomic E-state index is 12.3. The Morgan fingerprint density at radius 2 is 2.00 bits per heavy atom. The molecule has 20 heavy (non-hydrogen) atoms. The summed E-state index contributed by atoms with van der Waals surface area (Å²) in [7, 11) is 0.0437. The van der Waals surface area contributed by atoms with E-state index in [1.165, 1.54) is 0 Å². The predicted molar refractivity (Wildman–Crippen MR) is 75.1 cm³/mol. The molecule has 2 N–H and O–H groups in total. The number of hydrogen-bond acceptors (Lipinski definition) is 6. The number of methoxy groups -OCH3 is 2. The van der Waals surface area contributed by atoms with Crippen LogP contribution in [0.25, 0.3) is 0 Å². The Bertz CT molecular complexity index is 412. The molecule has 1 fully saturated rings. The number of hydrogen-bond donors (Lipinski definition) is 1. The molecule has 2 unspecified atom stereocenters. The lowest BCUT2D eigenvalue weighted by atomic mass is 10.1. The lowest BCUT2D eigenvalue weighted by Gasteiger charge is -2.30. The number of sulfone groups is 1. The fraction of sp³-hybridized carbons (Fsp3) is 0.917. The van der Waals surface area contributed by atoms with E-state index in [2.05, 4.69) is 0 Å². The van der Waals surface area contributed by atoms with E-state index in [9.17, 15) is 13.2 Å². The van der Waals surface area contributed by atoms with Crippen LogP contribution in [0.15, 0.2) is 0 Å². The molecule has 0 saturated carbocycles. The zero-order chi connectivity index (χ0) is 15.2. The van der Waals surface area contributed by atoms with Crippen LogP contribution in [-0.2, 0) is 24.1 Å². The van der Waals surface area contributed by atoms with Crippen molar-refractivity contribution in [2.45, 2.75) is 24.9 Å². The second kappa shape index (κ2) is 7.92. The summed E-state index contributed by atoms with van der Waals surface area (Å²) in [5, 5.41) is 0. The zero-order valence-electron chi connectivity index (χ0n) is 12.1. The van der Waals surface area contributed by atoms with Crippen LogP contribution in [0, 0.1) is 0 Å². The second-order valence-corrected chi connectivity index (χ2v) is 7.20. The lowest BCUT2D eigenvalue weighted by Crippen LogP contribution is -2.50. The van der Waals surface area contributed by atoms with Crippen molar-refractivity contribution in [2.24, 2.45) is 5.73 Å². The molecule has 1 heterocycles. The quantitative estimate of drug-likeness (QED) is 0.618. The van der Waals surface area contributed by atoms with Gasteiger partial charge in [0.15, 0.2) is 9.84 Å². The van der Waals surface area contributed by atoms with E-state index in [1.807, 2.05) is 0 Å². The first-order valence-corrected chi connectivity index (χ1v) is 8.47. The molecule has 0 aliphatic carbocycles. The summed E-state index contributed by atoms with van der Waals surface area (Å²) >= 11 is 0. The van der Waals surface area contributed by atoms with Gasteiger partial charge >= 0.3 is 0 Å². The smallest absolute Gasteiger partial charge is 0.239 e. The first kappa shape index (κ1) is 17.4. The summed E-state index contributed by atoms with van der Waals surface area (Å²) in [4.78, 5) is 13.9. The molecular weight excluding hydrogens is 284 g/mol. The van der Waals surface area contributed by atoms with E-state index in [0.717, 1.165) is 0 Å². The second-order valence-electron chi connectivity index (χ2n) is 4.97. The van der Waals surface area contributed by atoms with Crippen LogP contribution >= 0.6 is 0 Å². The molecule has 118 valence electrons. The van der Waals surface area contributed by atoms with Crippen molar-refractivity contribution in [1.82, 2.24) is 4.90 Å². The average molecular weight is 308 g/mol. The number of ether oxygens (including phenoxy) is 2. The van der Waals surface area contributed by atoms with Crippen molar-refractivity contribution in [3.63, 3.8) is 0 Å². The third-order valence-electron chi connectivity index (χ3n) is 3.42. The highest BCUT2D eigenvalue weighted by Gasteiger charge is 2.35. The van der Waals surface area contributed by atoms with Gasteiger partial charge in [-0.3, -0.25) is 4.79 Å². The van der Waals surface area contributed by atoms with Crippen LogP contribution in [-0.4, -0.2) is 76.8 Å². The summed E-state index contributed by atoms with van der Waals surface area (Å²) < 4.78 is 33.0. The molecule has 0 aromatic heterocycles. The molecule has 2 atom stereocenters. The molecule has 1 rings (SSSR count). The Morgan fingerprint density at radius 3 is 2.50 bits per heavy atom. The summed E-state index contributed by atoms with van der Waals surface area (Å²) in [6.45, 7) is 1.11. The van der Waals surface area contributed by atoms with Gasteiger partial charge in [-0.05, 0) is 12.8 Å². The van der Waals surface area contributed by atoms with Crippen molar-refractivity contribution >= 4 is 15.7 Å². The summed E-state index contributed by atoms with van der Waals surface area (Å²) in [5.74, 6) is -0.0949. The third-order valence-corrected chi connectivity index (χ3v) is 5.17. The van der Waals surface area contributed by atoms with E-state index < -0.39 is 15.9 Å². The molecular formula is C12H24N2O5S. The fourth-order valence-electron chi connectivity index (χ4n) is 2.26. The van der Waals surface area contributed by atoms with Crippen molar-refractivity contribution in [2.75, 3.05) is 45.5 Å². The van der Waals surface area contributed by atoms with Gasteiger partial charge in [0.05, 0.1) is 24.2 Å². The van der Waals surface area contributed by atoms with Crippen LogP contribution in [0.1, 0.15) is 12.8 Å². The summed E-state index contributed by atoms with van der Waals surface area (Å²) in [6, 6.07) is -0.966. The highest BCUT2D eigenvalue weighted by molar-refractivity contribution is 7.91. The van der Waals surface area contributed by atoms with E-state index in [0.29, 0.717) is 32.6 Å². The minimum atomic E-state index is -3.04. The van der Waals surface area contributed by atoms with E-state index in [1.54, 1.807) is 19.1 Å². The summed E-state index contributed by atoms with van der Waals surface area (Å²) in [5.41, 5.74) is 5.85. The van der Waals surface area contributed by atoms with Crippen molar-refractivity contribution in [3.8, 4) is 0 Å². The topological polar surface area (TPSA) is 98.9 Å². The number of carbonyl (C=O) groups is 1. The largest absolute Gasteiger partial charge is 0.385 e. The predicted octanol–water partition coefficient (Wildman–Crippen LogP) is -0.988. The average Bonchev–Trinajstić information content (AvgIpc) is 2.76. The maximum Gasteiger partial charge on any atom is 0.239 e. The third kappa shape index (κ3) is 5.01. The van der Waals surface area contributed by atoms with Crippen molar-refractivity contribution < 1.29 is 22.7 Å². The van der Waals surface area contributed by atoms with Crippen molar-refractivity contribution in [1.29, 1.82) is 0 Å². The Morgan fingerprint density at radius 1 is 1.35 bits per heavy atom. The Kier molecular flexibility index (Phi) is 6.87. The van der Waals surface area contributed by atoms with Gasteiger partial charge in [0.25, 0.3) is 0 Å². The zero-order valence-corrected chi connectivity index (χ0v) is 12.9. The first-order valence-electron chi connectivity index (χ1n) is 6.65. The molecule has 0 bridgehead atoms. The maximum absolute atomic E-state index is 12.3. The van der Waals surface area contributed by atoms with Gasteiger partial charge in [-0.25, -0.2) is 8.42 Å². The highest BCUT2D eigenvalue weighted by atomic mass is 32.2. The van der Waals surface area contributed by atoms with Gasteiger partial charge in [0.1, 0.15) is 0 Å². The number of nitrogens with zero attached hydrogens (tertiary/aromatic N) is 1. The Labute approximate surface area is 120 Å². The molecule has 1 saturated heterocycles. The van der Waals surface area contributed by atoms with Gasteiger partial charge < -0.3 is 20.1 Å². The lowest BCUT2D eigenvalue weighted by molar-refractivity contribution is -0.135. The van der Waals surface area contributed by atoms with Gasteiger partial charge in [-0.1, -0.05) is 0 Å². The number of amides is 1. The molecule has 0 aromatic carbocycles. The van der Waals surface area contributed by atoms with E-state index >= 15 is 0 Å². The van der Waals surface area contributed by atoms with Gasteiger partial charge in [0.2, 0.25) is 5.91 Å². The molecule has 0 radical (unpaired) electrons. The molecule has 0 spiro atoms. The fourth-order valence-corrected chi connectivity index (χ4v) is 4.00. The van der Waals surface area contributed by atoms with Crippen LogP contribution < -0.4 is 5.73 Å². The normalized spacial score (nSPS) is 22.6. The molecule has 1 amide bonds. The van der Waals surface area contributed by atoms with E-state index in [-0.39, 0.29) is 23.5 Å². The first-order chi connectivity index (χ1) is 9.41.